The van der Waals surface area contributed by atoms with Crippen LogP contribution >= 0.6 is 0 Å². The average Bonchev–Trinajstić information content (AvgIpc) is 2.89. The smallest absolute Gasteiger partial charge is 0.383 e. The Labute approximate surface area is 122 Å². The molecule has 124 valence electrons. The first-order valence-electron chi connectivity index (χ1n) is 7.00. The second-order valence-electron chi connectivity index (χ2n) is 5.73. The number of hydrogen-bond acceptors (Lipinski definition) is 4. The summed E-state index contributed by atoms with van der Waals surface area (Å²) in [5.41, 5.74) is 0. The topological polar surface area (TPSA) is 66.8 Å². The van der Waals surface area contributed by atoms with Gasteiger partial charge in [-0.1, -0.05) is 0 Å². The minimum absolute atomic E-state index is 0.0144. The molecule has 0 bridgehead atoms. The van der Waals surface area contributed by atoms with E-state index in [1.165, 1.54) is 4.31 Å². The Hall–Kier alpha value is -0.380. The Bertz CT molecular complexity index is 440. The van der Waals surface area contributed by atoms with E-state index in [4.69, 9.17) is 4.74 Å². The van der Waals surface area contributed by atoms with Crippen molar-refractivity contribution in [3.8, 4) is 0 Å². The fourth-order valence-corrected chi connectivity index (χ4v) is 4.69. The van der Waals surface area contributed by atoms with Gasteiger partial charge in [0.2, 0.25) is 10.0 Å². The Kier molecular flexibility index (Phi) is 5.17. The molecule has 0 aromatic heterocycles. The van der Waals surface area contributed by atoms with Gasteiger partial charge in [-0.2, -0.15) is 13.2 Å². The molecule has 0 aliphatic carbocycles. The maximum Gasteiger partial charge on any atom is 0.414 e. The first-order valence-corrected chi connectivity index (χ1v) is 8.61. The van der Waals surface area contributed by atoms with Crippen LogP contribution in [-0.4, -0.2) is 62.2 Å². The van der Waals surface area contributed by atoms with E-state index in [2.05, 4.69) is 0 Å². The van der Waals surface area contributed by atoms with Gasteiger partial charge in [0.25, 0.3) is 0 Å². The van der Waals surface area contributed by atoms with E-state index >= 15 is 0 Å². The molecule has 2 heterocycles. The monoisotopic (exact) mass is 331 g/mol. The zero-order valence-electron chi connectivity index (χ0n) is 11.6. The Morgan fingerprint density at radius 3 is 2.33 bits per heavy atom. The molecule has 0 radical (unpaired) electrons. The summed E-state index contributed by atoms with van der Waals surface area (Å²) in [6.45, 7) is 1.05. The Morgan fingerprint density at radius 2 is 1.86 bits per heavy atom. The third-order valence-electron chi connectivity index (χ3n) is 4.14. The number of piperidine rings is 1. The number of halogens is 3. The minimum atomic E-state index is -4.65. The van der Waals surface area contributed by atoms with Gasteiger partial charge in [0.05, 0.1) is 12.4 Å². The number of aliphatic hydroxyl groups is 1. The standard InChI is InChI=1S/C12H20F3NO4S/c13-12(14,15)11(17)10-1-4-16(5-2-10)21(18,19)8-9-3-6-20-7-9/h9-11,17H,1-8H2/t9-,11-/m0/s1. The number of alkyl halides is 3. The summed E-state index contributed by atoms with van der Waals surface area (Å²) < 4.78 is 68.1. The van der Waals surface area contributed by atoms with Crippen molar-refractivity contribution in [1.29, 1.82) is 0 Å². The fourth-order valence-electron chi connectivity index (χ4n) is 2.85. The molecule has 0 aromatic carbocycles. The molecule has 0 aromatic rings. The van der Waals surface area contributed by atoms with Gasteiger partial charge < -0.3 is 9.84 Å². The van der Waals surface area contributed by atoms with E-state index < -0.39 is 28.2 Å². The van der Waals surface area contributed by atoms with Gasteiger partial charge in [-0.05, 0) is 31.1 Å². The van der Waals surface area contributed by atoms with Gasteiger partial charge in [-0.3, -0.25) is 0 Å². The van der Waals surface area contributed by atoms with Crippen molar-refractivity contribution in [2.45, 2.75) is 31.5 Å². The van der Waals surface area contributed by atoms with Crippen molar-refractivity contribution < 1.29 is 31.4 Å². The second-order valence-corrected chi connectivity index (χ2v) is 7.74. The number of ether oxygens (including phenoxy) is 1. The number of hydrogen-bond donors (Lipinski definition) is 1. The molecule has 0 saturated carbocycles. The van der Waals surface area contributed by atoms with Crippen LogP contribution in [0, 0.1) is 11.8 Å². The highest BCUT2D eigenvalue weighted by Crippen LogP contribution is 2.32. The number of rotatable bonds is 4. The van der Waals surface area contributed by atoms with E-state index in [9.17, 15) is 26.7 Å². The zero-order valence-corrected chi connectivity index (χ0v) is 12.4. The van der Waals surface area contributed by atoms with Crippen molar-refractivity contribution in [1.82, 2.24) is 4.31 Å². The zero-order chi connectivity index (χ0) is 15.7. The van der Waals surface area contributed by atoms with Crippen LogP contribution in [0.1, 0.15) is 19.3 Å². The lowest BCUT2D eigenvalue weighted by Gasteiger charge is -2.34. The van der Waals surface area contributed by atoms with Gasteiger partial charge in [-0.15, -0.1) is 0 Å². The minimum Gasteiger partial charge on any atom is -0.383 e. The largest absolute Gasteiger partial charge is 0.414 e. The van der Waals surface area contributed by atoms with Crippen LogP contribution in [0.5, 0.6) is 0 Å². The van der Waals surface area contributed by atoms with Crippen LogP contribution in [-0.2, 0) is 14.8 Å². The molecule has 9 heteroatoms. The molecular formula is C12H20F3NO4S. The number of nitrogens with zero attached hydrogens (tertiary/aromatic N) is 1. The molecule has 2 aliphatic rings. The summed E-state index contributed by atoms with van der Waals surface area (Å²) in [6.07, 6.45) is -6.26. The molecule has 1 N–H and O–H groups in total. The van der Waals surface area contributed by atoms with Crippen LogP contribution in [0.4, 0.5) is 13.2 Å². The van der Waals surface area contributed by atoms with Crippen LogP contribution in [0.2, 0.25) is 0 Å². The van der Waals surface area contributed by atoms with E-state index in [0.29, 0.717) is 19.6 Å². The maximum atomic E-state index is 12.4. The fraction of sp³-hybridized carbons (Fsp3) is 1.00. The quantitative estimate of drug-likeness (QED) is 0.834. The SMILES string of the molecule is O=S(=O)(C[C@H]1CCOC1)N1CCC([C@H](O)C(F)(F)F)CC1. The van der Waals surface area contributed by atoms with Crippen molar-refractivity contribution in [2.24, 2.45) is 11.8 Å². The summed E-state index contributed by atoms with van der Waals surface area (Å²) in [6, 6.07) is 0. The molecule has 2 aliphatic heterocycles. The molecule has 0 amide bonds. The third-order valence-corrected chi connectivity index (χ3v) is 6.19. The van der Waals surface area contributed by atoms with Crippen LogP contribution in [0.3, 0.4) is 0 Å². The summed E-state index contributed by atoms with van der Waals surface area (Å²) in [5.74, 6) is -0.973. The maximum absolute atomic E-state index is 12.4. The normalized spacial score (nSPS) is 27.9. The lowest BCUT2D eigenvalue weighted by Crippen LogP contribution is -2.46. The summed E-state index contributed by atoms with van der Waals surface area (Å²) in [4.78, 5) is 0. The Balaban J connectivity index is 1.88. The molecule has 0 spiro atoms. The van der Waals surface area contributed by atoms with Gasteiger partial charge in [0.1, 0.15) is 0 Å². The summed E-state index contributed by atoms with van der Waals surface area (Å²) >= 11 is 0. The number of aliphatic hydroxyl groups excluding tert-OH is 1. The number of sulfonamides is 1. The van der Waals surface area contributed by atoms with E-state index in [1.807, 2.05) is 0 Å². The molecule has 5 nitrogen and oxygen atoms in total. The third kappa shape index (κ3) is 4.30. The van der Waals surface area contributed by atoms with Gasteiger partial charge in [0.15, 0.2) is 6.10 Å². The predicted molar refractivity (Wildman–Crippen MR) is 69.1 cm³/mol. The van der Waals surface area contributed by atoms with Crippen molar-refractivity contribution in [3.63, 3.8) is 0 Å². The second kappa shape index (κ2) is 6.39. The first-order chi connectivity index (χ1) is 9.70. The lowest BCUT2D eigenvalue weighted by molar-refractivity contribution is -0.222. The summed E-state index contributed by atoms with van der Waals surface area (Å²) in [5, 5.41) is 9.22. The molecule has 2 rings (SSSR count). The van der Waals surface area contributed by atoms with E-state index in [-0.39, 0.29) is 37.6 Å². The van der Waals surface area contributed by atoms with Crippen molar-refractivity contribution in [2.75, 3.05) is 32.1 Å². The van der Waals surface area contributed by atoms with Gasteiger partial charge in [-0.25, -0.2) is 12.7 Å². The highest BCUT2D eigenvalue weighted by molar-refractivity contribution is 7.89. The molecule has 2 saturated heterocycles. The van der Waals surface area contributed by atoms with Crippen molar-refractivity contribution in [3.05, 3.63) is 0 Å². The van der Waals surface area contributed by atoms with Crippen molar-refractivity contribution >= 4 is 10.0 Å². The Morgan fingerprint density at radius 1 is 1.24 bits per heavy atom. The van der Waals surface area contributed by atoms with E-state index in [1.54, 1.807) is 0 Å². The first kappa shape index (κ1) is 17.0. The highest BCUT2D eigenvalue weighted by atomic mass is 32.2. The van der Waals surface area contributed by atoms with E-state index in [0.717, 1.165) is 0 Å². The van der Waals surface area contributed by atoms with Crippen LogP contribution in [0.15, 0.2) is 0 Å². The van der Waals surface area contributed by atoms with Crippen LogP contribution in [0.25, 0.3) is 0 Å². The van der Waals surface area contributed by atoms with Crippen LogP contribution < -0.4 is 0 Å². The lowest BCUT2D eigenvalue weighted by atomic mass is 9.92. The van der Waals surface area contributed by atoms with Gasteiger partial charge >= 0.3 is 6.18 Å². The molecule has 21 heavy (non-hydrogen) atoms. The average molecular weight is 331 g/mol. The highest BCUT2D eigenvalue weighted by Gasteiger charge is 2.45. The predicted octanol–water partition coefficient (Wildman–Crippen LogP) is 0.988. The summed E-state index contributed by atoms with van der Waals surface area (Å²) in [7, 11) is -3.46. The molecule has 0 unspecified atom stereocenters. The molecule has 2 fully saturated rings. The van der Waals surface area contributed by atoms with Gasteiger partial charge in [0, 0.05) is 19.7 Å². The molecular weight excluding hydrogens is 311 g/mol. The molecule has 2 atom stereocenters.